The van der Waals surface area contributed by atoms with Crippen molar-refractivity contribution in [1.82, 2.24) is 4.90 Å². The van der Waals surface area contributed by atoms with Crippen LogP contribution in [0, 0.1) is 0 Å². The lowest BCUT2D eigenvalue weighted by molar-refractivity contribution is -0.145. The van der Waals surface area contributed by atoms with Crippen LogP contribution in [0.1, 0.15) is 28.8 Å². The Morgan fingerprint density at radius 2 is 1.47 bits per heavy atom. The number of piperidine rings is 1. The molecule has 1 heterocycles. The fraction of sp³-hybridized carbons (Fsp3) is 0.231. The van der Waals surface area contributed by atoms with Crippen molar-refractivity contribution >= 4 is 27.6 Å². The summed E-state index contributed by atoms with van der Waals surface area (Å²) in [6.07, 6.45) is 0.569. The number of hydrogen-bond donors (Lipinski definition) is 1. The summed E-state index contributed by atoms with van der Waals surface area (Å²) in [5.74, 6) is -1.21. The second kappa shape index (κ2) is 9.30. The molecule has 0 aliphatic carbocycles. The van der Waals surface area contributed by atoms with Crippen molar-refractivity contribution in [2.75, 3.05) is 24.4 Å². The smallest absolute Gasteiger partial charge is 0.314 e. The zero-order valence-electron chi connectivity index (χ0n) is 18.8. The van der Waals surface area contributed by atoms with Crippen LogP contribution in [0.3, 0.4) is 0 Å². The Kier molecular flexibility index (Phi) is 6.43. The molecule has 0 radical (unpaired) electrons. The number of benzene rings is 3. The van der Waals surface area contributed by atoms with Crippen LogP contribution in [0.5, 0.6) is 0 Å². The number of amides is 1. The highest BCUT2D eigenvalue weighted by Gasteiger charge is 2.44. The lowest BCUT2D eigenvalue weighted by Crippen LogP contribution is -2.49. The number of carboxylic acid groups (broad SMARTS) is 1. The molecule has 0 saturated carbocycles. The molecule has 8 heteroatoms. The summed E-state index contributed by atoms with van der Waals surface area (Å²) < 4.78 is 27.5. The first kappa shape index (κ1) is 23.5. The van der Waals surface area contributed by atoms with Gasteiger partial charge in [-0.05, 0) is 48.7 Å². The van der Waals surface area contributed by atoms with Gasteiger partial charge in [-0.1, -0.05) is 54.6 Å². The van der Waals surface area contributed by atoms with Crippen molar-refractivity contribution in [1.29, 1.82) is 0 Å². The number of sulfonamides is 1. The molecule has 7 nitrogen and oxygen atoms in total. The lowest BCUT2D eigenvalue weighted by atomic mass is 9.73. The summed E-state index contributed by atoms with van der Waals surface area (Å²) in [6, 6.07) is 23.8. The van der Waals surface area contributed by atoms with Crippen molar-refractivity contribution < 1.29 is 23.1 Å². The maximum atomic E-state index is 13.2. The molecular weight excluding hydrogens is 452 g/mol. The SMILES string of the molecule is CN(c1ccccc1)S(=O)(=O)c1cccc(C(=O)N2CCC(C(=O)O)(c3ccccc3)CC2)c1. The molecule has 34 heavy (non-hydrogen) atoms. The molecule has 1 aliphatic heterocycles. The number of carbonyl (C=O) groups excluding carboxylic acids is 1. The molecule has 176 valence electrons. The van der Waals surface area contributed by atoms with E-state index in [-0.39, 0.29) is 42.3 Å². The van der Waals surface area contributed by atoms with Crippen LogP contribution in [0.4, 0.5) is 5.69 Å². The molecule has 0 spiro atoms. The summed E-state index contributed by atoms with van der Waals surface area (Å²) in [5.41, 5.74) is 0.458. The van der Waals surface area contributed by atoms with Crippen LogP contribution in [0.25, 0.3) is 0 Å². The fourth-order valence-corrected chi connectivity index (χ4v) is 5.62. The number of anilines is 1. The zero-order valence-corrected chi connectivity index (χ0v) is 19.6. The Morgan fingerprint density at radius 3 is 2.06 bits per heavy atom. The summed E-state index contributed by atoms with van der Waals surface area (Å²) in [6.45, 7) is 0.530. The van der Waals surface area contributed by atoms with Crippen molar-refractivity contribution in [3.05, 3.63) is 96.1 Å². The van der Waals surface area contributed by atoms with Gasteiger partial charge in [0.25, 0.3) is 15.9 Å². The number of para-hydroxylation sites is 1. The van der Waals surface area contributed by atoms with Crippen LogP contribution >= 0.6 is 0 Å². The van der Waals surface area contributed by atoms with Crippen LogP contribution < -0.4 is 4.31 Å². The van der Waals surface area contributed by atoms with E-state index in [0.29, 0.717) is 5.69 Å². The predicted octanol–water partition coefficient (Wildman–Crippen LogP) is 3.77. The first-order valence-corrected chi connectivity index (χ1v) is 12.4. The second-order valence-electron chi connectivity index (χ2n) is 8.38. The molecule has 1 aliphatic rings. The van der Waals surface area contributed by atoms with Gasteiger partial charge < -0.3 is 10.0 Å². The van der Waals surface area contributed by atoms with Gasteiger partial charge in [0.1, 0.15) is 0 Å². The Morgan fingerprint density at radius 1 is 0.882 bits per heavy atom. The second-order valence-corrected chi connectivity index (χ2v) is 10.4. The highest BCUT2D eigenvalue weighted by molar-refractivity contribution is 7.92. The Bertz CT molecular complexity index is 1290. The molecule has 0 aromatic heterocycles. The average Bonchev–Trinajstić information content (AvgIpc) is 2.88. The van der Waals surface area contributed by atoms with Gasteiger partial charge in [0.2, 0.25) is 0 Å². The van der Waals surface area contributed by atoms with Crippen molar-refractivity contribution in [2.24, 2.45) is 0 Å². The first-order chi connectivity index (χ1) is 16.3. The van der Waals surface area contributed by atoms with E-state index in [1.54, 1.807) is 47.4 Å². The minimum atomic E-state index is -3.86. The monoisotopic (exact) mass is 478 g/mol. The van der Waals surface area contributed by atoms with Gasteiger partial charge in [0.15, 0.2) is 0 Å². The quantitative estimate of drug-likeness (QED) is 0.582. The molecule has 0 unspecified atom stereocenters. The number of carbonyl (C=O) groups is 2. The molecule has 1 N–H and O–H groups in total. The summed E-state index contributed by atoms with van der Waals surface area (Å²) in [5, 5.41) is 9.98. The van der Waals surface area contributed by atoms with Crippen LogP contribution in [-0.2, 0) is 20.2 Å². The van der Waals surface area contributed by atoms with Gasteiger partial charge in [0, 0.05) is 25.7 Å². The van der Waals surface area contributed by atoms with Gasteiger partial charge in [-0.2, -0.15) is 0 Å². The number of aliphatic carboxylic acids is 1. The van der Waals surface area contributed by atoms with Crippen molar-refractivity contribution in [3.8, 4) is 0 Å². The Labute approximate surface area is 199 Å². The molecule has 0 atom stereocenters. The average molecular weight is 479 g/mol. The molecule has 3 aromatic rings. The largest absolute Gasteiger partial charge is 0.481 e. The molecule has 4 rings (SSSR count). The topological polar surface area (TPSA) is 95.0 Å². The zero-order chi connectivity index (χ0) is 24.3. The maximum absolute atomic E-state index is 13.2. The van der Waals surface area contributed by atoms with Gasteiger partial charge in [0.05, 0.1) is 16.0 Å². The third-order valence-electron chi connectivity index (χ3n) is 6.50. The highest BCUT2D eigenvalue weighted by Crippen LogP contribution is 2.36. The van der Waals surface area contributed by atoms with Crippen LogP contribution in [-0.4, -0.2) is 50.4 Å². The molecule has 0 bridgehead atoms. The van der Waals surface area contributed by atoms with Gasteiger partial charge in [-0.3, -0.25) is 13.9 Å². The van der Waals surface area contributed by atoms with Crippen LogP contribution in [0.2, 0.25) is 0 Å². The van der Waals surface area contributed by atoms with E-state index < -0.39 is 21.4 Å². The van der Waals surface area contributed by atoms with Crippen molar-refractivity contribution in [3.63, 3.8) is 0 Å². The van der Waals surface area contributed by atoms with E-state index in [1.807, 2.05) is 30.3 Å². The maximum Gasteiger partial charge on any atom is 0.314 e. The number of carboxylic acids is 1. The van der Waals surface area contributed by atoms with Crippen LogP contribution in [0.15, 0.2) is 89.8 Å². The Hall–Kier alpha value is -3.65. The summed E-state index contributed by atoms with van der Waals surface area (Å²) in [4.78, 5) is 27.0. The number of likely N-dealkylation sites (tertiary alicyclic amines) is 1. The number of nitrogens with zero attached hydrogens (tertiary/aromatic N) is 2. The van der Waals surface area contributed by atoms with E-state index >= 15 is 0 Å². The number of rotatable bonds is 6. The summed E-state index contributed by atoms with van der Waals surface area (Å²) >= 11 is 0. The van der Waals surface area contributed by atoms with E-state index in [1.165, 1.54) is 23.5 Å². The molecule has 1 fully saturated rings. The normalized spacial score (nSPS) is 15.5. The number of hydrogen-bond acceptors (Lipinski definition) is 4. The fourth-order valence-electron chi connectivity index (χ4n) is 4.38. The van der Waals surface area contributed by atoms with E-state index in [9.17, 15) is 23.1 Å². The minimum absolute atomic E-state index is 0.0193. The molecule has 1 saturated heterocycles. The summed E-state index contributed by atoms with van der Waals surface area (Å²) in [7, 11) is -2.39. The van der Waals surface area contributed by atoms with Crippen molar-refractivity contribution in [2.45, 2.75) is 23.2 Å². The standard InChI is InChI=1S/C26H26N2O5S/c1-27(22-12-6-3-7-13-22)34(32,33)23-14-8-9-20(19-23)24(29)28-17-15-26(16-18-28,25(30)31)21-10-4-2-5-11-21/h2-14,19H,15-18H2,1H3,(H,30,31). The Balaban J connectivity index is 1.54. The van der Waals surface area contributed by atoms with E-state index in [4.69, 9.17) is 0 Å². The first-order valence-electron chi connectivity index (χ1n) is 11.0. The third-order valence-corrected chi connectivity index (χ3v) is 8.28. The molecule has 3 aromatic carbocycles. The van der Waals surface area contributed by atoms with Gasteiger partial charge in [-0.15, -0.1) is 0 Å². The molecular formula is C26H26N2O5S. The third kappa shape index (κ3) is 4.28. The van der Waals surface area contributed by atoms with Gasteiger partial charge >= 0.3 is 5.97 Å². The van der Waals surface area contributed by atoms with E-state index in [2.05, 4.69) is 0 Å². The predicted molar refractivity (Wildman–Crippen MR) is 129 cm³/mol. The minimum Gasteiger partial charge on any atom is -0.481 e. The lowest BCUT2D eigenvalue weighted by Gasteiger charge is -2.39. The highest BCUT2D eigenvalue weighted by atomic mass is 32.2. The van der Waals surface area contributed by atoms with E-state index in [0.717, 1.165) is 5.56 Å². The van der Waals surface area contributed by atoms with Gasteiger partial charge in [-0.25, -0.2) is 8.42 Å². The molecule has 1 amide bonds.